The van der Waals surface area contributed by atoms with Crippen LogP contribution >= 0.6 is 0 Å². The number of nitrogens with one attached hydrogen (secondary N) is 1. The fourth-order valence-corrected chi connectivity index (χ4v) is 3.65. The summed E-state index contributed by atoms with van der Waals surface area (Å²) in [5.41, 5.74) is 4.51. The van der Waals surface area contributed by atoms with E-state index in [4.69, 9.17) is 5.14 Å². The number of anilines is 1. The van der Waals surface area contributed by atoms with Crippen LogP contribution < -0.4 is 10.5 Å². The van der Waals surface area contributed by atoms with Crippen LogP contribution in [0.3, 0.4) is 0 Å². The Balaban J connectivity index is 1.89. The van der Waals surface area contributed by atoms with Gasteiger partial charge in [-0.25, -0.2) is 13.6 Å². The van der Waals surface area contributed by atoms with Gasteiger partial charge in [0.1, 0.15) is 0 Å². The molecule has 0 fully saturated rings. The molecule has 3 N–H and O–H groups in total. The summed E-state index contributed by atoms with van der Waals surface area (Å²) in [6.07, 6.45) is 0. The Morgan fingerprint density at radius 3 is 2.35 bits per heavy atom. The van der Waals surface area contributed by atoms with Crippen LogP contribution in [0.1, 0.15) is 28.5 Å². The monoisotopic (exact) mass is 371 g/mol. The Morgan fingerprint density at radius 2 is 1.77 bits per heavy atom. The predicted molar refractivity (Wildman–Crippen MR) is 103 cm³/mol. The lowest BCUT2D eigenvalue weighted by Gasteiger charge is -2.07. The minimum atomic E-state index is -3.75. The maximum Gasteiger partial charge on any atom is 0.255 e. The second-order valence-corrected chi connectivity index (χ2v) is 7.77. The zero-order chi connectivity index (χ0) is 19.1. The van der Waals surface area contributed by atoms with Crippen LogP contribution in [-0.4, -0.2) is 18.9 Å². The van der Waals surface area contributed by atoms with Gasteiger partial charge in [0, 0.05) is 34.4 Å². The van der Waals surface area contributed by atoms with Gasteiger partial charge in [-0.15, -0.1) is 0 Å². The number of nitrogens with zero attached hydrogens (tertiary/aromatic N) is 1. The molecule has 0 aliphatic rings. The maximum atomic E-state index is 12.6. The molecule has 0 aliphatic heterocycles. The van der Waals surface area contributed by atoms with Crippen molar-refractivity contribution in [3.63, 3.8) is 0 Å². The standard InChI is InChI=1S/C19H21N3O3S/c1-4-22-13(3)12(2)17-11-14(5-10-18(17)22)19(23)21-15-6-8-16(9-7-15)26(20,24)25/h5-11H,4H2,1-3H3,(H,21,23)(H2,20,24,25). The van der Waals surface area contributed by atoms with E-state index in [9.17, 15) is 13.2 Å². The molecule has 0 saturated heterocycles. The highest BCUT2D eigenvalue weighted by Gasteiger charge is 2.14. The highest BCUT2D eigenvalue weighted by Crippen LogP contribution is 2.26. The fourth-order valence-electron chi connectivity index (χ4n) is 3.13. The molecule has 1 amide bonds. The summed E-state index contributed by atoms with van der Waals surface area (Å²) < 4.78 is 24.8. The van der Waals surface area contributed by atoms with Crippen molar-refractivity contribution < 1.29 is 13.2 Å². The normalized spacial score (nSPS) is 11.7. The van der Waals surface area contributed by atoms with Crippen molar-refractivity contribution in [1.82, 2.24) is 4.57 Å². The average molecular weight is 371 g/mol. The molecule has 0 spiro atoms. The minimum Gasteiger partial charge on any atom is -0.345 e. The molecule has 1 aromatic heterocycles. The number of hydrogen-bond acceptors (Lipinski definition) is 3. The van der Waals surface area contributed by atoms with Crippen LogP contribution in [0.15, 0.2) is 47.4 Å². The number of hydrogen-bond donors (Lipinski definition) is 2. The number of aromatic nitrogens is 1. The number of carbonyl (C=O) groups is 1. The molecule has 136 valence electrons. The number of primary sulfonamides is 1. The van der Waals surface area contributed by atoms with Gasteiger partial charge in [0.05, 0.1) is 4.90 Å². The molecule has 0 unspecified atom stereocenters. The molecule has 0 radical (unpaired) electrons. The van der Waals surface area contributed by atoms with Gasteiger partial charge in [0.15, 0.2) is 0 Å². The van der Waals surface area contributed by atoms with Crippen molar-refractivity contribution in [3.8, 4) is 0 Å². The molecule has 3 aromatic rings. The Hall–Kier alpha value is -2.64. The van der Waals surface area contributed by atoms with Crippen molar-refractivity contribution in [1.29, 1.82) is 0 Å². The summed E-state index contributed by atoms with van der Waals surface area (Å²) in [4.78, 5) is 12.6. The summed E-state index contributed by atoms with van der Waals surface area (Å²) in [6.45, 7) is 7.10. The Bertz CT molecular complexity index is 1100. The highest BCUT2D eigenvalue weighted by atomic mass is 32.2. The number of benzene rings is 2. The molecule has 6 nitrogen and oxygen atoms in total. The summed E-state index contributed by atoms with van der Waals surface area (Å²) in [6, 6.07) is 11.4. The van der Waals surface area contributed by atoms with Crippen LogP contribution in [0.4, 0.5) is 5.69 Å². The Kier molecular flexibility index (Phi) is 4.60. The van der Waals surface area contributed by atoms with Crippen LogP contribution in [0, 0.1) is 13.8 Å². The van der Waals surface area contributed by atoms with Gasteiger partial charge < -0.3 is 9.88 Å². The molecular formula is C19H21N3O3S. The zero-order valence-corrected chi connectivity index (χ0v) is 15.7. The van der Waals surface area contributed by atoms with Crippen LogP contribution in [0.25, 0.3) is 10.9 Å². The third-order valence-electron chi connectivity index (χ3n) is 4.66. The first kappa shape index (κ1) is 18.2. The van der Waals surface area contributed by atoms with Gasteiger partial charge in [0.25, 0.3) is 5.91 Å². The van der Waals surface area contributed by atoms with E-state index >= 15 is 0 Å². The Morgan fingerprint density at radius 1 is 1.12 bits per heavy atom. The molecule has 3 rings (SSSR count). The lowest BCUT2D eigenvalue weighted by molar-refractivity contribution is 0.102. The fraction of sp³-hybridized carbons (Fsp3) is 0.211. The first-order valence-electron chi connectivity index (χ1n) is 8.26. The van der Waals surface area contributed by atoms with E-state index in [1.807, 2.05) is 12.1 Å². The highest BCUT2D eigenvalue weighted by molar-refractivity contribution is 7.89. The number of amides is 1. The number of fused-ring (bicyclic) bond motifs is 1. The van der Waals surface area contributed by atoms with Crippen LogP contribution in [-0.2, 0) is 16.6 Å². The number of rotatable bonds is 4. The largest absolute Gasteiger partial charge is 0.345 e. The molecule has 26 heavy (non-hydrogen) atoms. The molecule has 2 aromatic carbocycles. The van der Waals surface area contributed by atoms with Crippen LogP contribution in [0.5, 0.6) is 0 Å². The van der Waals surface area contributed by atoms with Crippen molar-refractivity contribution in [2.24, 2.45) is 5.14 Å². The molecule has 7 heteroatoms. The zero-order valence-electron chi connectivity index (χ0n) is 14.9. The van der Waals surface area contributed by atoms with Gasteiger partial charge in [0.2, 0.25) is 10.0 Å². The molecular weight excluding hydrogens is 350 g/mol. The average Bonchev–Trinajstić information content (AvgIpc) is 2.84. The van der Waals surface area contributed by atoms with Gasteiger partial charge in [-0.2, -0.15) is 0 Å². The topological polar surface area (TPSA) is 94.2 Å². The predicted octanol–water partition coefficient (Wildman–Crippen LogP) is 3.18. The van der Waals surface area contributed by atoms with Gasteiger partial charge >= 0.3 is 0 Å². The lowest BCUT2D eigenvalue weighted by Crippen LogP contribution is -2.13. The maximum absolute atomic E-state index is 12.6. The van der Waals surface area contributed by atoms with E-state index in [1.54, 1.807) is 6.07 Å². The summed E-state index contributed by atoms with van der Waals surface area (Å²) >= 11 is 0. The number of carbonyl (C=O) groups excluding carboxylic acids is 1. The van der Waals surface area contributed by atoms with E-state index in [2.05, 4.69) is 30.7 Å². The van der Waals surface area contributed by atoms with Gasteiger partial charge in [-0.3, -0.25) is 4.79 Å². The molecule has 0 saturated carbocycles. The first-order chi connectivity index (χ1) is 12.2. The number of aryl methyl sites for hydroxylation is 2. The first-order valence-corrected chi connectivity index (χ1v) is 9.80. The Labute approximate surface area is 152 Å². The van der Waals surface area contributed by atoms with Crippen molar-refractivity contribution >= 4 is 32.5 Å². The van der Waals surface area contributed by atoms with Gasteiger partial charge in [-0.05, 0) is 68.8 Å². The SMILES string of the molecule is CCn1c(C)c(C)c2cc(C(=O)Nc3ccc(S(N)(=O)=O)cc3)ccc21. The summed E-state index contributed by atoms with van der Waals surface area (Å²) in [7, 11) is -3.75. The molecule has 0 bridgehead atoms. The molecule has 0 aliphatic carbocycles. The third-order valence-corrected chi connectivity index (χ3v) is 5.59. The van der Waals surface area contributed by atoms with Crippen molar-refractivity contribution in [2.75, 3.05) is 5.32 Å². The van der Waals surface area contributed by atoms with E-state index < -0.39 is 10.0 Å². The number of sulfonamides is 1. The third kappa shape index (κ3) is 3.23. The smallest absolute Gasteiger partial charge is 0.255 e. The van der Waals surface area contributed by atoms with E-state index in [0.717, 1.165) is 23.0 Å². The minimum absolute atomic E-state index is 0.00363. The van der Waals surface area contributed by atoms with E-state index in [1.165, 1.54) is 30.0 Å². The van der Waals surface area contributed by atoms with Crippen molar-refractivity contribution in [3.05, 3.63) is 59.3 Å². The number of nitrogens with two attached hydrogens (primary N) is 1. The summed E-state index contributed by atoms with van der Waals surface area (Å²) in [5.74, 6) is -0.253. The molecule has 0 atom stereocenters. The second kappa shape index (κ2) is 6.59. The van der Waals surface area contributed by atoms with Crippen molar-refractivity contribution in [2.45, 2.75) is 32.2 Å². The summed E-state index contributed by atoms with van der Waals surface area (Å²) in [5, 5.41) is 8.91. The lowest BCUT2D eigenvalue weighted by atomic mass is 10.1. The van der Waals surface area contributed by atoms with E-state index in [0.29, 0.717) is 11.3 Å². The van der Waals surface area contributed by atoms with Gasteiger partial charge in [-0.1, -0.05) is 0 Å². The second-order valence-electron chi connectivity index (χ2n) is 6.21. The quantitative estimate of drug-likeness (QED) is 0.737. The van der Waals surface area contributed by atoms with Crippen LogP contribution in [0.2, 0.25) is 0 Å². The van der Waals surface area contributed by atoms with E-state index in [-0.39, 0.29) is 10.8 Å². The molecule has 1 heterocycles.